The highest BCUT2D eigenvalue weighted by molar-refractivity contribution is 7.98. The van der Waals surface area contributed by atoms with E-state index in [1.165, 1.54) is 16.3 Å². The highest BCUT2D eigenvalue weighted by Crippen LogP contribution is 2.16. The SMILES string of the molecule is COc1cccc(-n2ccn3c(SC)nnc3c2=O)c1. The molecule has 102 valence electrons. The van der Waals surface area contributed by atoms with E-state index in [0.717, 1.165) is 5.69 Å². The average molecular weight is 288 g/mol. The van der Waals surface area contributed by atoms with Crippen molar-refractivity contribution in [3.05, 3.63) is 47.0 Å². The van der Waals surface area contributed by atoms with Crippen molar-refractivity contribution < 1.29 is 4.74 Å². The summed E-state index contributed by atoms with van der Waals surface area (Å²) in [5.41, 5.74) is 0.818. The zero-order chi connectivity index (χ0) is 14.1. The maximum absolute atomic E-state index is 12.4. The lowest BCUT2D eigenvalue weighted by Crippen LogP contribution is -2.20. The molecule has 0 atom stereocenters. The number of ether oxygens (including phenoxy) is 1. The summed E-state index contributed by atoms with van der Waals surface area (Å²) in [5.74, 6) is 0.695. The van der Waals surface area contributed by atoms with E-state index in [4.69, 9.17) is 4.74 Å². The average Bonchev–Trinajstić information content (AvgIpc) is 2.91. The van der Waals surface area contributed by atoms with Gasteiger partial charge in [0.15, 0.2) is 5.16 Å². The number of methoxy groups -OCH3 is 1. The predicted octanol–water partition coefficient (Wildman–Crippen LogP) is 1.61. The molecule has 0 unspecified atom stereocenters. The van der Waals surface area contributed by atoms with Gasteiger partial charge in [-0.15, -0.1) is 10.2 Å². The molecule has 0 aliphatic carbocycles. The summed E-state index contributed by atoms with van der Waals surface area (Å²) in [4.78, 5) is 12.4. The Labute approximate surface area is 119 Å². The standard InChI is InChI=1S/C13H12N4O2S/c1-19-10-5-3-4-9(8-10)16-6-7-17-11(12(16)18)14-15-13(17)20-2/h3-8H,1-2H3. The number of hydrogen-bond acceptors (Lipinski definition) is 5. The first kappa shape index (κ1) is 12.7. The number of rotatable bonds is 3. The van der Waals surface area contributed by atoms with Crippen LogP contribution in [0.5, 0.6) is 5.75 Å². The smallest absolute Gasteiger partial charge is 0.300 e. The Bertz CT molecular complexity index is 825. The Hall–Kier alpha value is -2.28. The summed E-state index contributed by atoms with van der Waals surface area (Å²) < 4.78 is 8.38. The zero-order valence-electron chi connectivity index (χ0n) is 11.0. The van der Waals surface area contributed by atoms with E-state index in [1.54, 1.807) is 30.0 Å². The molecular weight excluding hydrogens is 276 g/mol. The van der Waals surface area contributed by atoms with Crippen molar-refractivity contribution >= 4 is 17.4 Å². The molecule has 7 heteroatoms. The minimum absolute atomic E-state index is 0.214. The van der Waals surface area contributed by atoms with Gasteiger partial charge in [0.05, 0.1) is 12.8 Å². The van der Waals surface area contributed by atoms with Crippen LogP contribution in [0, 0.1) is 0 Å². The quantitative estimate of drug-likeness (QED) is 0.685. The summed E-state index contributed by atoms with van der Waals surface area (Å²) in [5, 5.41) is 8.62. The van der Waals surface area contributed by atoms with Gasteiger partial charge in [-0.1, -0.05) is 17.8 Å². The molecule has 3 rings (SSSR count). The van der Waals surface area contributed by atoms with Gasteiger partial charge in [-0.2, -0.15) is 0 Å². The molecule has 0 saturated heterocycles. The van der Waals surface area contributed by atoms with Gasteiger partial charge in [-0.05, 0) is 18.4 Å². The zero-order valence-corrected chi connectivity index (χ0v) is 11.8. The van der Waals surface area contributed by atoms with E-state index >= 15 is 0 Å². The lowest BCUT2D eigenvalue weighted by atomic mass is 10.3. The van der Waals surface area contributed by atoms with Crippen LogP contribution < -0.4 is 10.3 Å². The second kappa shape index (κ2) is 5.01. The third-order valence-electron chi connectivity index (χ3n) is 2.95. The van der Waals surface area contributed by atoms with E-state index in [9.17, 15) is 4.79 Å². The second-order valence-corrected chi connectivity index (χ2v) is 4.83. The van der Waals surface area contributed by atoms with Crippen LogP contribution in [-0.2, 0) is 0 Å². The van der Waals surface area contributed by atoms with Crippen molar-refractivity contribution in [2.24, 2.45) is 0 Å². The number of aromatic nitrogens is 4. The van der Waals surface area contributed by atoms with Crippen LogP contribution in [0.25, 0.3) is 11.3 Å². The lowest BCUT2D eigenvalue weighted by Gasteiger charge is -2.07. The van der Waals surface area contributed by atoms with Crippen molar-refractivity contribution in [3.8, 4) is 11.4 Å². The van der Waals surface area contributed by atoms with Crippen LogP contribution in [0.2, 0.25) is 0 Å². The lowest BCUT2D eigenvalue weighted by molar-refractivity contribution is 0.414. The van der Waals surface area contributed by atoms with Crippen molar-refractivity contribution in [2.45, 2.75) is 5.16 Å². The molecule has 1 aromatic carbocycles. The summed E-state index contributed by atoms with van der Waals surface area (Å²) in [6.07, 6.45) is 5.37. The minimum Gasteiger partial charge on any atom is -0.497 e. The number of thioether (sulfide) groups is 1. The van der Waals surface area contributed by atoms with Crippen molar-refractivity contribution in [1.29, 1.82) is 0 Å². The van der Waals surface area contributed by atoms with E-state index in [2.05, 4.69) is 10.2 Å². The van der Waals surface area contributed by atoms with Crippen LogP contribution in [0.4, 0.5) is 0 Å². The molecule has 0 spiro atoms. The summed E-state index contributed by atoms with van der Waals surface area (Å²) in [6, 6.07) is 7.30. The molecular formula is C13H12N4O2S. The van der Waals surface area contributed by atoms with Crippen molar-refractivity contribution in [3.63, 3.8) is 0 Å². The molecule has 0 aliphatic heterocycles. The maximum Gasteiger partial charge on any atom is 0.300 e. The van der Waals surface area contributed by atoms with Crippen molar-refractivity contribution in [2.75, 3.05) is 13.4 Å². The van der Waals surface area contributed by atoms with Gasteiger partial charge in [0.1, 0.15) is 5.75 Å². The van der Waals surface area contributed by atoms with E-state index in [-0.39, 0.29) is 5.56 Å². The van der Waals surface area contributed by atoms with Crippen LogP contribution >= 0.6 is 11.8 Å². The third-order valence-corrected chi connectivity index (χ3v) is 3.60. The van der Waals surface area contributed by atoms with Crippen LogP contribution in [0.15, 0.2) is 46.6 Å². The van der Waals surface area contributed by atoms with Crippen LogP contribution in [0.1, 0.15) is 0 Å². The fourth-order valence-electron chi connectivity index (χ4n) is 1.97. The van der Waals surface area contributed by atoms with Gasteiger partial charge in [0.25, 0.3) is 0 Å². The highest BCUT2D eigenvalue weighted by Gasteiger charge is 2.10. The molecule has 2 heterocycles. The van der Waals surface area contributed by atoms with Gasteiger partial charge in [-0.3, -0.25) is 13.8 Å². The summed E-state index contributed by atoms with van der Waals surface area (Å²) in [7, 11) is 1.59. The molecule has 0 fully saturated rings. The van der Waals surface area contributed by atoms with Gasteiger partial charge in [0, 0.05) is 18.5 Å². The Morgan fingerprint density at radius 3 is 2.85 bits per heavy atom. The molecule has 0 amide bonds. The van der Waals surface area contributed by atoms with E-state index in [1.807, 2.05) is 24.5 Å². The number of benzene rings is 1. The normalized spacial score (nSPS) is 10.9. The van der Waals surface area contributed by atoms with Gasteiger partial charge in [0.2, 0.25) is 5.65 Å². The Balaban J connectivity index is 2.22. The topological polar surface area (TPSA) is 61.4 Å². The first-order chi connectivity index (χ1) is 9.74. The van der Waals surface area contributed by atoms with E-state index < -0.39 is 0 Å². The third kappa shape index (κ3) is 1.96. The predicted molar refractivity (Wildman–Crippen MR) is 76.9 cm³/mol. The first-order valence-corrected chi connectivity index (χ1v) is 7.12. The van der Waals surface area contributed by atoms with E-state index in [0.29, 0.717) is 16.6 Å². The molecule has 6 nitrogen and oxygen atoms in total. The molecule has 0 radical (unpaired) electrons. The minimum atomic E-state index is -0.214. The molecule has 2 aromatic heterocycles. The fraction of sp³-hybridized carbons (Fsp3) is 0.154. The molecule has 3 aromatic rings. The van der Waals surface area contributed by atoms with Crippen LogP contribution in [0.3, 0.4) is 0 Å². The van der Waals surface area contributed by atoms with Crippen LogP contribution in [-0.4, -0.2) is 32.5 Å². The molecule has 20 heavy (non-hydrogen) atoms. The monoisotopic (exact) mass is 288 g/mol. The first-order valence-electron chi connectivity index (χ1n) is 5.89. The number of nitrogens with zero attached hydrogens (tertiary/aromatic N) is 4. The highest BCUT2D eigenvalue weighted by atomic mass is 32.2. The molecule has 0 bridgehead atoms. The molecule has 0 aliphatic rings. The molecule has 0 saturated carbocycles. The van der Waals surface area contributed by atoms with Crippen molar-refractivity contribution in [1.82, 2.24) is 19.2 Å². The Kier molecular flexibility index (Phi) is 3.19. The van der Waals surface area contributed by atoms with Gasteiger partial charge in [-0.25, -0.2) is 0 Å². The fourth-order valence-corrected chi connectivity index (χ4v) is 2.44. The molecule has 0 N–H and O–H groups in total. The summed E-state index contributed by atoms with van der Waals surface area (Å²) in [6.45, 7) is 0. The Morgan fingerprint density at radius 1 is 1.25 bits per heavy atom. The van der Waals surface area contributed by atoms with Gasteiger partial charge >= 0.3 is 5.56 Å². The number of fused-ring (bicyclic) bond motifs is 1. The largest absolute Gasteiger partial charge is 0.497 e. The number of hydrogen-bond donors (Lipinski definition) is 0. The maximum atomic E-state index is 12.4. The Morgan fingerprint density at radius 2 is 2.10 bits per heavy atom. The second-order valence-electron chi connectivity index (χ2n) is 4.06. The van der Waals surface area contributed by atoms with Gasteiger partial charge < -0.3 is 4.74 Å². The summed E-state index contributed by atoms with van der Waals surface area (Å²) >= 11 is 1.44.